The average molecular weight is 422 g/mol. The van der Waals surface area contributed by atoms with Gasteiger partial charge < -0.3 is 24.3 Å². The van der Waals surface area contributed by atoms with E-state index in [1.807, 2.05) is 37.8 Å². The van der Waals surface area contributed by atoms with Gasteiger partial charge in [0.1, 0.15) is 11.5 Å². The maximum absolute atomic E-state index is 5.53. The first-order valence-corrected chi connectivity index (χ1v) is 10.4. The Morgan fingerprint density at radius 3 is 2.52 bits per heavy atom. The second-order valence-electron chi connectivity index (χ2n) is 7.26. The summed E-state index contributed by atoms with van der Waals surface area (Å²) in [5, 5.41) is 3.37. The Bertz CT molecular complexity index is 968. The van der Waals surface area contributed by atoms with Gasteiger partial charge in [-0.15, -0.1) is 0 Å². The molecule has 0 bridgehead atoms. The molecule has 7 heteroatoms. The Morgan fingerprint density at radius 2 is 1.87 bits per heavy atom. The summed E-state index contributed by atoms with van der Waals surface area (Å²) in [4.78, 5) is 11.0. The average Bonchev–Trinajstić information content (AvgIpc) is 3.31. The van der Waals surface area contributed by atoms with Crippen LogP contribution in [0.5, 0.6) is 11.5 Å². The fourth-order valence-corrected chi connectivity index (χ4v) is 3.29. The molecule has 7 nitrogen and oxygen atoms in total. The number of ether oxygens (including phenoxy) is 2. The molecule has 0 atom stereocenters. The SMILES string of the molecule is CCNC(=NCc1ccc(Cn2ccnc2)cc1)N(C)Cc1ccc(OC)cc1OC. The van der Waals surface area contributed by atoms with Crippen LogP contribution in [0.4, 0.5) is 0 Å². The van der Waals surface area contributed by atoms with E-state index in [0.717, 1.165) is 36.1 Å². The largest absolute Gasteiger partial charge is 0.497 e. The van der Waals surface area contributed by atoms with E-state index >= 15 is 0 Å². The number of aliphatic imine (C=N–C) groups is 1. The molecule has 0 saturated carbocycles. The summed E-state index contributed by atoms with van der Waals surface area (Å²) in [6.45, 7) is 4.97. The molecule has 0 saturated heterocycles. The first kappa shape index (κ1) is 22.2. The Hall–Kier alpha value is -3.48. The van der Waals surface area contributed by atoms with Crippen LogP contribution >= 0.6 is 0 Å². The lowest BCUT2D eigenvalue weighted by Gasteiger charge is -2.23. The van der Waals surface area contributed by atoms with Crippen LogP contribution in [-0.4, -0.2) is 48.2 Å². The van der Waals surface area contributed by atoms with Crippen LogP contribution in [0, 0.1) is 0 Å². The highest BCUT2D eigenvalue weighted by atomic mass is 16.5. The standard InChI is InChI=1S/C24H31N5O2/c1-5-26-24(28(2)17-21-10-11-22(30-3)14-23(21)31-4)27-15-19-6-8-20(9-7-19)16-29-13-12-25-18-29/h6-14,18H,5,15-17H2,1-4H3,(H,26,27). The fourth-order valence-electron chi connectivity index (χ4n) is 3.29. The van der Waals surface area contributed by atoms with Crippen molar-refractivity contribution < 1.29 is 9.47 Å². The number of hydrogen-bond donors (Lipinski definition) is 1. The summed E-state index contributed by atoms with van der Waals surface area (Å²) in [7, 11) is 5.36. The Balaban J connectivity index is 1.66. The maximum atomic E-state index is 5.53. The van der Waals surface area contributed by atoms with Crippen LogP contribution in [0.2, 0.25) is 0 Å². The van der Waals surface area contributed by atoms with Crippen molar-refractivity contribution in [2.75, 3.05) is 27.8 Å². The predicted molar refractivity (Wildman–Crippen MR) is 124 cm³/mol. The molecule has 0 radical (unpaired) electrons. The summed E-state index contributed by atoms with van der Waals surface area (Å²) >= 11 is 0. The summed E-state index contributed by atoms with van der Waals surface area (Å²) in [6, 6.07) is 14.4. The molecule has 1 heterocycles. The van der Waals surface area contributed by atoms with Crippen LogP contribution in [0.3, 0.4) is 0 Å². The highest BCUT2D eigenvalue weighted by Gasteiger charge is 2.11. The third-order valence-electron chi connectivity index (χ3n) is 4.96. The maximum Gasteiger partial charge on any atom is 0.194 e. The number of aromatic nitrogens is 2. The molecule has 1 aromatic heterocycles. The zero-order valence-corrected chi connectivity index (χ0v) is 18.7. The molecule has 2 aromatic carbocycles. The third kappa shape index (κ3) is 6.25. The van der Waals surface area contributed by atoms with Crippen molar-refractivity contribution in [1.82, 2.24) is 19.8 Å². The summed E-state index contributed by atoms with van der Waals surface area (Å²) < 4.78 is 12.9. The minimum atomic E-state index is 0.609. The predicted octanol–water partition coefficient (Wildman–Crippen LogP) is 3.55. The lowest BCUT2D eigenvalue weighted by atomic mass is 10.1. The molecule has 3 aromatic rings. The van der Waals surface area contributed by atoms with E-state index in [1.165, 1.54) is 11.1 Å². The van der Waals surface area contributed by atoms with Gasteiger partial charge in [-0.25, -0.2) is 9.98 Å². The molecule has 0 aliphatic heterocycles. The van der Waals surface area contributed by atoms with Crippen molar-refractivity contribution in [3.05, 3.63) is 77.9 Å². The highest BCUT2D eigenvalue weighted by Crippen LogP contribution is 2.25. The first-order valence-electron chi connectivity index (χ1n) is 10.4. The van der Waals surface area contributed by atoms with Crippen molar-refractivity contribution in [3.8, 4) is 11.5 Å². The molecular formula is C24H31N5O2. The van der Waals surface area contributed by atoms with Gasteiger partial charge in [0.15, 0.2) is 5.96 Å². The molecular weight excluding hydrogens is 390 g/mol. The highest BCUT2D eigenvalue weighted by molar-refractivity contribution is 5.79. The van der Waals surface area contributed by atoms with Crippen LogP contribution in [0.25, 0.3) is 0 Å². The lowest BCUT2D eigenvalue weighted by Crippen LogP contribution is -2.38. The lowest BCUT2D eigenvalue weighted by molar-refractivity contribution is 0.382. The third-order valence-corrected chi connectivity index (χ3v) is 4.96. The Labute approximate surface area is 184 Å². The first-order chi connectivity index (χ1) is 15.1. The molecule has 0 spiro atoms. The number of rotatable bonds is 9. The quantitative estimate of drug-likeness (QED) is 0.423. The van der Waals surface area contributed by atoms with Gasteiger partial charge in [-0.2, -0.15) is 0 Å². The molecule has 0 amide bonds. The van der Waals surface area contributed by atoms with Gasteiger partial charge in [0.25, 0.3) is 0 Å². The van der Waals surface area contributed by atoms with Crippen LogP contribution < -0.4 is 14.8 Å². The normalized spacial score (nSPS) is 11.3. The topological polar surface area (TPSA) is 63.9 Å². The molecule has 164 valence electrons. The number of hydrogen-bond acceptors (Lipinski definition) is 4. The van der Waals surface area contributed by atoms with Crippen LogP contribution in [0.1, 0.15) is 23.6 Å². The van der Waals surface area contributed by atoms with Crippen molar-refractivity contribution in [2.45, 2.75) is 26.6 Å². The zero-order chi connectivity index (χ0) is 22.1. The Kier molecular flexibility index (Phi) is 7.92. The summed E-state index contributed by atoms with van der Waals surface area (Å²) in [5.41, 5.74) is 3.47. The number of benzene rings is 2. The van der Waals surface area contributed by atoms with E-state index in [4.69, 9.17) is 14.5 Å². The van der Waals surface area contributed by atoms with E-state index in [0.29, 0.717) is 13.1 Å². The number of methoxy groups -OCH3 is 2. The Morgan fingerprint density at radius 1 is 1.10 bits per heavy atom. The van der Waals surface area contributed by atoms with Crippen molar-refractivity contribution in [3.63, 3.8) is 0 Å². The molecule has 0 unspecified atom stereocenters. The number of nitrogens with zero attached hydrogens (tertiary/aromatic N) is 4. The van der Waals surface area contributed by atoms with E-state index < -0.39 is 0 Å². The second-order valence-corrected chi connectivity index (χ2v) is 7.26. The van der Waals surface area contributed by atoms with Gasteiger partial charge >= 0.3 is 0 Å². The number of guanidine groups is 1. The van der Waals surface area contributed by atoms with Gasteiger partial charge in [-0.05, 0) is 30.2 Å². The van der Waals surface area contributed by atoms with E-state index in [-0.39, 0.29) is 0 Å². The smallest absolute Gasteiger partial charge is 0.194 e. The van der Waals surface area contributed by atoms with Crippen molar-refractivity contribution in [1.29, 1.82) is 0 Å². The molecule has 1 N–H and O–H groups in total. The van der Waals surface area contributed by atoms with Crippen molar-refractivity contribution in [2.24, 2.45) is 4.99 Å². The van der Waals surface area contributed by atoms with E-state index in [2.05, 4.69) is 51.0 Å². The molecule has 0 aliphatic rings. The monoisotopic (exact) mass is 421 g/mol. The van der Waals surface area contributed by atoms with E-state index in [1.54, 1.807) is 20.4 Å². The molecule has 0 fully saturated rings. The van der Waals surface area contributed by atoms with Crippen LogP contribution in [-0.2, 0) is 19.6 Å². The molecule has 31 heavy (non-hydrogen) atoms. The molecule has 0 aliphatic carbocycles. The van der Waals surface area contributed by atoms with Gasteiger partial charge in [0, 0.05) is 50.7 Å². The van der Waals surface area contributed by atoms with Gasteiger partial charge in [-0.1, -0.05) is 24.3 Å². The fraction of sp³-hybridized carbons (Fsp3) is 0.333. The van der Waals surface area contributed by atoms with E-state index in [9.17, 15) is 0 Å². The van der Waals surface area contributed by atoms with Crippen LogP contribution in [0.15, 0.2) is 66.2 Å². The second kappa shape index (κ2) is 11.1. The minimum absolute atomic E-state index is 0.609. The summed E-state index contributed by atoms with van der Waals surface area (Å²) in [6.07, 6.45) is 5.59. The molecule has 3 rings (SSSR count). The van der Waals surface area contributed by atoms with Gasteiger partial charge in [0.05, 0.1) is 27.1 Å². The summed E-state index contributed by atoms with van der Waals surface area (Å²) in [5.74, 6) is 2.43. The van der Waals surface area contributed by atoms with Gasteiger partial charge in [-0.3, -0.25) is 0 Å². The van der Waals surface area contributed by atoms with Crippen molar-refractivity contribution >= 4 is 5.96 Å². The minimum Gasteiger partial charge on any atom is -0.497 e. The number of imidazole rings is 1. The number of nitrogens with one attached hydrogen (secondary N) is 1. The van der Waals surface area contributed by atoms with Gasteiger partial charge in [0.2, 0.25) is 0 Å². The zero-order valence-electron chi connectivity index (χ0n) is 18.7.